The van der Waals surface area contributed by atoms with Crippen molar-refractivity contribution in [2.24, 2.45) is 0 Å². The molecule has 0 aromatic heterocycles. The highest BCUT2D eigenvalue weighted by Crippen LogP contribution is 2.20. The Hall–Kier alpha value is -2.78. The van der Waals surface area contributed by atoms with Crippen molar-refractivity contribution >= 4 is 0 Å². The highest BCUT2D eigenvalue weighted by molar-refractivity contribution is 5.33. The molecule has 3 aromatic rings. The first-order chi connectivity index (χ1) is 12.8. The Kier molecular flexibility index (Phi) is 6.68. The van der Waals surface area contributed by atoms with Crippen molar-refractivity contribution in [1.29, 1.82) is 0 Å². The number of likely N-dealkylation sites (N-methyl/N-ethyl adjacent to an activating group) is 1. The van der Waals surface area contributed by atoms with Crippen molar-refractivity contribution < 1.29 is 9.47 Å². The monoisotopic (exact) mass is 347 g/mol. The quantitative estimate of drug-likeness (QED) is 0.556. The molecule has 0 aliphatic heterocycles. The molecule has 0 heterocycles. The van der Waals surface area contributed by atoms with Gasteiger partial charge in [-0.25, -0.2) is 0 Å². The molecule has 0 saturated carbocycles. The first kappa shape index (κ1) is 18.0. The van der Waals surface area contributed by atoms with Crippen molar-refractivity contribution in [3.8, 4) is 11.5 Å². The van der Waals surface area contributed by atoms with Gasteiger partial charge in [-0.05, 0) is 30.3 Å². The van der Waals surface area contributed by atoms with Crippen LogP contribution < -0.4 is 9.47 Å². The Bertz CT molecular complexity index is 774. The van der Waals surface area contributed by atoms with Gasteiger partial charge < -0.3 is 9.47 Å². The largest absolute Gasteiger partial charge is 0.492 e. The lowest BCUT2D eigenvalue weighted by molar-refractivity contribution is 0.231. The van der Waals surface area contributed by atoms with E-state index in [0.717, 1.165) is 30.2 Å². The van der Waals surface area contributed by atoms with Crippen LogP contribution in [0.3, 0.4) is 0 Å². The second-order valence-corrected chi connectivity index (χ2v) is 6.32. The normalized spacial score (nSPS) is 10.7. The van der Waals surface area contributed by atoms with Crippen LogP contribution in [0.4, 0.5) is 0 Å². The zero-order valence-corrected chi connectivity index (χ0v) is 15.2. The standard InChI is InChI=1S/C23H25NO2/c1-24(18-20-9-4-2-5-10-20)15-16-25-22-13-8-14-23(17-22)26-19-21-11-6-3-7-12-21/h2-14,17H,15-16,18-19H2,1H3. The number of hydrogen-bond donors (Lipinski definition) is 0. The van der Waals surface area contributed by atoms with Gasteiger partial charge in [0.15, 0.2) is 0 Å². The Morgan fingerprint density at radius 3 is 2.00 bits per heavy atom. The van der Waals surface area contributed by atoms with Crippen molar-refractivity contribution in [2.75, 3.05) is 20.2 Å². The lowest BCUT2D eigenvalue weighted by atomic mass is 10.2. The number of hydrogen-bond acceptors (Lipinski definition) is 3. The maximum absolute atomic E-state index is 5.89. The summed E-state index contributed by atoms with van der Waals surface area (Å²) >= 11 is 0. The topological polar surface area (TPSA) is 21.7 Å². The molecule has 0 bridgehead atoms. The summed E-state index contributed by atoms with van der Waals surface area (Å²) in [7, 11) is 2.11. The molecule has 3 aromatic carbocycles. The summed E-state index contributed by atoms with van der Waals surface area (Å²) in [5.41, 5.74) is 2.47. The van der Waals surface area contributed by atoms with Crippen LogP contribution in [0.1, 0.15) is 11.1 Å². The second-order valence-electron chi connectivity index (χ2n) is 6.32. The lowest BCUT2D eigenvalue weighted by Crippen LogP contribution is -2.23. The Labute approximate surface area is 155 Å². The molecule has 3 nitrogen and oxygen atoms in total. The second kappa shape index (κ2) is 9.64. The first-order valence-electron chi connectivity index (χ1n) is 8.92. The van der Waals surface area contributed by atoms with Gasteiger partial charge in [-0.2, -0.15) is 0 Å². The molecule has 134 valence electrons. The predicted molar refractivity (Wildman–Crippen MR) is 105 cm³/mol. The maximum Gasteiger partial charge on any atom is 0.123 e. The third-order valence-corrected chi connectivity index (χ3v) is 4.09. The first-order valence-corrected chi connectivity index (χ1v) is 8.92. The Morgan fingerprint density at radius 2 is 1.31 bits per heavy atom. The summed E-state index contributed by atoms with van der Waals surface area (Å²) in [4.78, 5) is 2.26. The lowest BCUT2D eigenvalue weighted by Gasteiger charge is -2.17. The van der Waals surface area contributed by atoms with Gasteiger partial charge in [-0.15, -0.1) is 0 Å². The minimum absolute atomic E-state index is 0.560. The van der Waals surface area contributed by atoms with Crippen molar-refractivity contribution in [2.45, 2.75) is 13.2 Å². The third kappa shape index (κ3) is 5.94. The molecule has 3 rings (SSSR count). The maximum atomic E-state index is 5.89. The minimum Gasteiger partial charge on any atom is -0.492 e. The number of benzene rings is 3. The fourth-order valence-electron chi connectivity index (χ4n) is 2.69. The Morgan fingerprint density at radius 1 is 0.692 bits per heavy atom. The third-order valence-electron chi connectivity index (χ3n) is 4.09. The van der Waals surface area contributed by atoms with Crippen LogP contribution in [0.2, 0.25) is 0 Å². The van der Waals surface area contributed by atoms with E-state index in [4.69, 9.17) is 9.47 Å². The van der Waals surface area contributed by atoms with Gasteiger partial charge in [-0.1, -0.05) is 66.7 Å². The average molecular weight is 347 g/mol. The summed E-state index contributed by atoms with van der Waals surface area (Å²) < 4.78 is 11.7. The van der Waals surface area contributed by atoms with Crippen molar-refractivity contribution in [3.63, 3.8) is 0 Å². The van der Waals surface area contributed by atoms with Gasteiger partial charge in [0.05, 0.1) is 0 Å². The summed E-state index contributed by atoms with van der Waals surface area (Å²) in [5.74, 6) is 1.66. The molecule has 0 N–H and O–H groups in total. The van der Waals surface area contributed by atoms with Gasteiger partial charge in [0.1, 0.15) is 24.7 Å². The minimum atomic E-state index is 0.560. The van der Waals surface area contributed by atoms with Crippen molar-refractivity contribution in [3.05, 3.63) is 96.1 Å². The molecule has 0 spiro atoms. The molecule has 0 amide bonds. The van der Waals surface area contributed by atoms with Crippen LogP contribution in [0.15, 0.2) is 84.9 Å². The number of ether oxygens (including phenoxy) is 2. The van der Waals surface area contributed by atoms with Crippen LogP contribution in [0.25, 0.3) is 0 Å². The highest BCUT2D eigenvalue weighted by Gasteiger charge is 2.02. The van der Waals surface area contributed by atoms with E-state index in [1.807, 2.05) is 48.5 Å². The molecule has 0 fully saturated rings. The zero-order chi connectivity index (χ0) is 18.0. The van der Waals surface area contributed by atoms with E-state index in [1.165, 1.54) is 5.56 Å². The van der Waals surface area contributed by atoms with Gasteiger partial charge in [-0.3, -0.25) is 4.90 Å². The van der Waals surface area contributed by atoms with Crippen LogP contribution in [0, 0.1) is 0 Å². The Balaban J connectivity index is 1.43. The molecule has 0 unspecified atom stereocenters. The van der Waals surface area contributed by atoms with Crippen molar-refractivity contribution in [1.82, 2.24) is 4.90 Å². The fourth-order valence-corrected chi connectivity index (χ4v) is 2.69. The SMILES string of the molecule is CN(CCOc1cccc(OCc2ccccc2)c1)Cc1ccccc1. The summed E-state index contributed by atoms with van der Waals surface area (Å²) in [5, 5.41) is 0. The van der Waals surface area contributed by atoms with E-state index < -0.39 is 0 Å². The highest BCUT2D eigenvalue weighted by atomic mass is 16.5. The molecular formula is C23H25NO2. The van der Waals surface area contributed by atoms with Crippen LogP contribution in [0.5, 0.6) is 11.5 Å². The van der Waals surface area contributed by atoms with E-state index in [-0.39, 0.29) is 0 Å². The van der Waals surface area contributed by atoms with E-state index in [1.54, 1.807) is 0 Å². The molecule has 0 aliphatic carbocycles. The summed E-state index contributed by atoms with van der Waals surface area (Å²) in [6.45, 7) is 2.99. The zero-order valence-electron chi connectivity index (χ0n) is 15.2. The fraction of sp³-hybridized carbons (Fsp3) is 0.217. The van der Waals surface area contributed by atoms with E-state index in [2.05, 4.69) is 48.3 Å². The summed E-state index contributed by atoms with van der Waals surface area (Å²) in [6.07, 6.45) is 0. The van der Waals surface area contributed by atoms with Gasteiger partial charge in [0.25, 0.3) is 0 Å². The number of rotatable bonds is 9. The molecule has 0 aliphatic rings. The smallest absolute Gasteiger partial charge is 0.123 e. The molecule has 0 saturated heterocycles. The van der Waals surface area contributed by atoms with E-state index in [0.29, 0.717) is 13.2 Å². The number of nitrogens with zero attached hydrogens (tertiary/aromatic N) is 1. The van der Waals surface area contributed by atoms with E-state index >= 15 is 0 Å². The van der Waals surface area contributed by atoms with Gasteiger partial charge in [0, 0.05) is 19.2 Å². The molecular weight excluding hydrogens is 322 g/mol. The molecule has 26 heavy (non-hydrogen) atoms. The summed E-state index contributed by atoms with van der Waals surface area (Å²) in [6, 6.07) is 28.5. The van der Waals surface area contributed by atoms with Crippen LogP contribution in [-0.2, 0) is 13.2 Å². The molecule has 0 atom stereocenters. The van der Waals surface area contributed by atoms with Gasteiger partial charge >= 0.3 is 0 Å². The van der Waals surface area contributed by atoms with E-state index in [9.17, 15) is 0 Å². The van der Waals surface area contributed by atoms with Crippen LogP contribution in [-0.4, -0.2) is 25.1 Å². The average Bonchev–Trinajstić information content (AvgIpc) is 2.68. The molecule has 0 radical (unpaired) electrons. The predicted octanol–water partition coefficient (Wildman–Crippen LogP) is 4.78. The molecule has 3 heteroatoms. The van der Waals surface area contributed by atoms with Gasteiger partial charge in [0.2, 0.25) is 0 Å². The van der Waals surface area contributed by atoms with Crippen LogP contribution >= 0.6 is 0 Å².